The van der Waals surface area contributed by atoms with Crippen LogP contribution in [0, 0.1) is 5.82 Å². The third-order valence-corrected chi connectivity index (χ3v) is 8.19. The summed E-state index contributed by atoms with van der Waals surface area (Å²) in [6.45, 7) is 2.47. The van der Waals surface area contributed by atoms with Gasteiger partial charge in [-0.15, -0.1) is 0 Å². The highest BCUT2D eigenvalue weighted by atomic mass is 32.1. The van der Waals surface area contributed by atoms with E-state index in [-0.39, 0.29) is 16.3 Å². The van der Waals surface area contributed by atoms with Crippen molar-refractivity contribution in [3.05, 3.63) is 119 Å². The highest BCUT2D eigenvalue weighted by Gasteiger charge is 2.48. The van der Waals surface area contributed by atoms with Crippen molar-refractivity contribution < 1.29 is 33.3 Å². The van der Waals surface area contributed by atoms with Crippen molar-refractivity contribution >= 4 is 44.1 Å². The molecule has 5 aromatic rings. The fourth-order valence-corrected chi connectivity index (χ4v) is 6.07. The number of carbonyl (C=O) groups is 2. The summed E-state index contributed by atoms with van der Waals surface area (Å²) in [6, 6.07) is 24.1. The third-order valence-electron chi connectivity index (χ3n) is 7.17. The number of Topliss-reactive ketones (excluding diaryl/α,β-unsaturated/α-hetero) is 1. The largest absolute Gasteiger partial charge is 0.507 e. The Morgan fingerprint density at radius 1 is 0.955 bits per heavy atom. The van der Waals surface area contributed by atoms with E-state index in [0.29, 0.717) is 41.5 Å². The van der Waals surface area contributed by atoms with Crippen LogP contribution in [0.5, 0.6) is 17.2 Å². The van der Waals surface area contributed by atoms with Crippen molar-refractivity contribution in [2.45, 2.75) is 19.6 Å². The van der Waals surface area contributed by atoms with Crippen LogP contribution in [0.2, 0.25) is 0 Å². The number of thiazole rings is 1. The molecular formula is C34H27FN2O6S. The first-order valence-electron chi connectivity index (χ1n) is 13.8. The SMILES string of the molecule is CCOc1cc(C2/C(=C(\O)c3ccc(F)cc3)C(=O)C(=O)N2c2nc3ccc(OC)cc3s2)ccc1OCc1ccccc1. The minimum absolute atomic E-state index is 0.154. The lowest BCUT2D eigenvalue weighted by atomic mass is 9.95. The van der Waals surface area contributed by atoms with Crippen molar-refractivity contribution in [1.82, 2.24) is 4.98 Å². The standard InChI is InChI=1S/C34H27FN2O6S/c1-3-42-27-17-22(11-16-26(27)43-19-20-7-5-4-6-8-20)30-29(31(38)21-9-12-23(35)13-10-21)32(39)33(40)37(30)34-36-25-15-14-24(41-2)18-28(25)44-34/h4-18,30,38H,3,19H2,1-2H3/b31-29+. The average Bonchev–Trinajstić information content (AvgIpc) is 3.58. The molecule has 222 valence electrons. The highest BCUT2D eigenvalue weighted by molar-refractivity contribution is 7.22. The molecule has 1 saturated heterocycles. The van der Waals surface area contributed by atoms with E-state index in [1.165, 1.54) is 40.5 Å². The van der Waals surface area contributed by atoms with Crippen LogP contribution in [-0.4, -0.2) is 35.5 Å². The molecule has 1 N–H and O–H groups in total. The van der Waals surface area contributed by atoms with Gasteiger partial charge >= 0.3 is 5.91 Å². The highest BCUT2D eigenvalue weighted by Crippen LogP contribution is 2.46. The summed E-state index contributed by atoms with van der Waals surface area (Å²) < 4.78 is 31.8. The van der Waals surface area contributed by atoms with Gasteiger partial charge < -0.3 is 19.3 Å². The molecule has 0 spiro atoms. The minimum atomic E-state index is -1.06. The Balaban J connectivity index is 1.48. The first kappa shape index (κ1) is 28.9. The number of hydrogen-bond acceptors (Lipinski definition) is 8. The molecule has 1 aliphatic heterocycles. The number of ether oxygens (including phenoxy) is 3. The molecule has 1 unspecified atom stereocenters. The van der Waals surface area contributed by atoms with E-state index in [2.05, 4.69) is 4.98 Å². The van der Waals surface area contributed by atoms with Crippen LogP contribution in [-0.2, 0) is 16.2 Å². The lowest BCUT2D eigenvalue weighted by Crippen LogP contribution is -2.29. The Morgan fingerprint density at radius 3 is 2.45 bits per heavy atom. The number of aliphatic hydroxyl groups is 1. The molecule has 1 amide bonds. The number of halogens is 1. The number of methoxy groups -OCH3 is 1. The summed E-state index contributed by atoms with van der Waals surface area (Å²) >= 11 is 1.22. The molecule has 0 bridgehead atoms. The van der Waals surface area contributed by atoms with Crippen LogP contribution in [0.3, 0.4) is 0 Å². The Kier molecular flexibility index (Phi) is 7.99. The Bertz CT molecular complexity index is 1890. The zero-order valence-electron chi connectivity index (χ0n) is 23.8. The van der Waals surface area contributed by atoms with Crippen molar-refractivity contribution in [3.63, 3.8) is 0 Å². The third kappa shape index (κ3) is 5.47. The van der Waals surface area contributed by atoms with Crippen molar-refractivity contribution in [3.8, 4) is 17.2 Å². The molecule has 8 nitrogen and oxygen atoms in total. The number of aromatic nitrogens is 1. The molecule has 6 rings (SSSR count). The van der Waals surface area contributed by atoms with Gasteiger partial charge in [-0.2, -0.15) is 0 Å². The number of fused-ring (bicyclic) bond motifs is 1. The predicted octanol–water partition coefficient (Wildman–Crippen LogP) is 7.05. The molecule has 4 aromatic carbocycles. The topological polar surface area (TPSA) is 98.2 Å². The van der Waals surface area contributed by atoms with Gasteiger partial charge in [-0.3, -0.25) is 14.5 Å². The summed E-state index contributed by atoms with van der Waals surface area (Å²) in [4.78, 5) is 33.2. The second-order valence-electron chi connectivity index (χ2n) is 9.92. The summed E-state index contributed by atoms with van der Waals surface area (Å²) in [5.41, 5.74) is 2.11. The molecule has 1 atom stereocenters. The molecule has 1 aromatic heterocycles. The van der Waals surface area contributed by atoms with E-state index in [1.54, 1.807) is 43.5 Å². The van der Waals surface area contributed by atoms with Gasteiger partial charge in [-0.05, 0) is 72.6 Å². The van der Waals surface area contributed by atoms with Gasteiger partial charge in [0.25, 0.3) is 5.78 Å². The minimum Gasteiger partial charge on any atom is -0.507 e. The monoisotopic (exact) mass is 610 g/mol. The zero-order valence-corrected chi connectivity index (χ0v) is 24.6. The first-order valence-corrected chi connectivity index (χ1v) is 14.6. The summed E-state index contributed by atoms with van der Waals surface area (Å²) in [7, 11) is 1.56. The number of hydrogen-bond donors (Lipinski definition) is 1. The zero-order chi connectivity index (χ0) is 30.8. The van der Waals surface area contributed by atoms with Crippen LogP contribution in [0.1, 0.15) is 29.7 Å². The Hall–Kier alpha value is -5.22. The molecule has 0 saturated carbocycles. The number of benzene rings is 4. The fraction of sp³-hybridized carbons (Fsp3) is 0.147. The van der Waals surface area contributed by atoms with Gasteiger partial charge in [0.2, 0.25) is 0 Å². The maximum atomic E-state index is 13.7. The summed E-state index contributed by atoms with van der Waals surface area (Å²) in [6.07, 6.45) is 0. The van der Waals surface area contributed by atoms with Gasteiger partial charge in [-0.1, -0.05) is 47.7 Å². The van der Waals surface area contributed by atoms with Crippen LogP contribution in [0.4, 0.5) is 9.52 Å². The van der Waals surface area contributed by atoms with Gasteiger partial charge in [0.15, 0.2) is 16.6 Å². The second kappa shape index (κ2) is 12.2. The van der Waals surface area contributed by atoms with Crippen molar-refractivity contribution in [2.75, 3.05) is 18.6 Å². The average molecular weight is 611 g/mol. The molecule has 1 fully saturated rings. The lowest BCUT2D eigenvalue weighted by Gasteiger charge is -2.24. The predicted molar refractivity (Wildman–Crippen MR) is 166 cm³/mol. The first-order chi connectivity index (χ1) is 21.4. The Morgan fingerprint density at radius 2 is 1.73 bits per heavy atom. The van der Waals surface area contributed by atoms with Gasteiger partial charge in [0.05, 0.1) is 35.5 Å². The smallest absolute Gasteiger partial charge is 0.301 e. The van der Waals surface area contributed by atoms with E-state index < -0.39 is 29.3 Å². The van der Waals surface area contributed by atoms with E-state index in [0.717, 1.165) is 10.3 Å². The van der Waals surface area contributed by atoms with Crippen molar-refractivity contribution in [1.29, 1.82) is 0 Å². The maximum Gasteiger partial charge on any atom is 0.301 e. The molecular weight excluding hydrogens is 583 g/mol. The quantitative estimate of drug-likeness (QED) is 0.109. The number of amides is 1. The normalized spacial score (nSPS) is 16.0. The molecule has 0 aliphatic carbocycles. The Labute approximate surface area is 256 Å². The molecule has 44 heavy (non-hydrogen) atoms. The summed E-state index contributed by atoms with van der Waals surface area (Å²) in [5, 5.41) is 11.7. The van der Waals surface area contributed by atoms with E-state index in [9.17, 15) is 19.1 Å². The van der Waals surface area contributed by atoms with Gasteiger partial charge in [0.1, 0.15) is 23.9 Å². The van der Waals surface area contributed by atoms with E-state index in [1.807, 2.05) is 37.3 Å². The fourth-order valence-electron chi connectivity index (χ4n) is 5.05. The number of rotatable bonds is 9. The lowest BCUT2D eigenvalue weighted by molar-refractivity contribution is -0.132. The number of aliphatic hydroxyl groups excluding tert-OH is 1. The van der Waals surface area contributed by atoms with E-state index in [4.69, 9.17) is 14.2 Å². The van der Waals surface area contributed by atoms with Crippen LogP contribution >= 0.6 is 11.3 Å². The molecule has 10 heteroatoms. The molecule has 1 aliphatic rings. The second-order valence-corrected chi connectivity index (χ2v) is 10.9. The van der Waals surface area contributed by atoms with Gasteiger partial charge in [-0.25, -0.2) is 9.37 Å². The maximum absolute atomic E-state index is 13.7. The number of ketones is 1. The summed E-state index contributed by atoms with van der Waals surface area (Å²) in [5.74, 6) is -1.18. The van der Waals surface area contributed by atoms with Gasteiger partial charge in [0, 0.05) is 5.56 Å². The molecule has 2 heterocycles. The van der Waals surface area contributed by atoms with Crippen LogP contribution < -0.4 is 19.1 Å². The van der Waals surface area contributed by atoms with E-state index >= 15 is 0 Å². The number of carbonyl (C=O) groups excluding carboxylic acids is 2. The molecule has 0 radical (unpaired) electrons. The number of anilines is 1. The van der Waals surface area contributed by atoms with Crippen LogP contribution in [0.15, 0.2) is 96.6 Å². The van der Waals surface area contributed by atoms with Crippen LogP contribution in [0.25, 0.3) is 16.0 Å². The van der Waals surface area contributed by atoms with Crippen molar-refractivity contribution in [2.24, 2.45) is 0 Å². The number of nitrogens with zero attached hydrogens (tertiary/aromatic N) is 2.